The van der Waals surface area contributed by atoms with Crippen molar-refractivity contribution in [3.05, 3.63) is 64.7 Å². The number of primary amides is 1. The van der Waals surface area contributed by atoms with E-state index in [1.807, 2.05) is 37.3 Å². The van der Waals surface area contributed by atoms with Crippen LogP contribution in [-0.2, 0) is 6.54 Å². The Labute approximate surface area is 144 Å². The van der Waals surface area contributed by atoms with Crippen LogP contribution in [0.3, 0.4) is 0 Å². The van der Waals surface area contributed by atoms with Crippen LogP contribution in [0.4, 0.5) is 5.82 Å². The first-order valence-corrected chi connectivity index (χ1v) is 7.75. The normalized spacial score (nSPS) is 10.6. The summed E-state index contributed by atoms with van der Waals surface area (Å²) in [5.41, 5.74) is 13.4. The topological polar surface area (TPSA) is 117 Å². The number of amides is 1. The molecule has 0 saturated heterocycles. The van der Waals surface area contributed by atoms with Crippen molar-refractivity contribution in [3.8, 4) is 22.5 Å². The highest BCUT2D eigenvalue weighted by atomic mass is 16.1. The summed E-state index contributed by atoms with van der Waals surface area (Å²) in [4.78, 5) is 32.2. The van der Waals surface area contributed by atoms with E-state index in [-0.39, 0.29) is 17.1 Å². The molecule has 0 aliphatic carbocycles. The quantitative estimate of drug-likeness (QED) is 0.752. The first kappa shape index (κ1) is 16.4. The van der Waals surface area contributed by atoms with E-state index in [0.29, 0.717) is 23.5 Å². The number of nitrogens with two attached hydrogens (primary N) is 2. The first-order valence-electron chi connectivity index (χ1n) is 7.75. The van der Waals surface area contributed by atoms with E-state index >= 15 is 0 Å². The highest BCUT2D eigenvalue weighted by Gasteiger charge is 2.18. The number of hydrogen-bond acceptors (Lipinski definition) is 5. The van der Waals surface area contributed by atoms with Gasteiger partial charge in [0, 0.05) is 29.9 Å². The lowest BCUT2D eigenvalue weighted by Crippen LogP contribution is -2.19. The van der Waals surface area contributed by atoms with Crippen molar-refractivity contribution in [2.24, 2.45) is 5.73 Å². The lowest BCUT2D eigenvalue weighted by Gasteiger charge is -2.12. The zero-order chi connectivity index (χ0) is 18.0. The van der Waals surface area contributed by atoms with Crippen LogP contribution in [0.2, 0.25) is 0 Å². The number of rotatable bonds is 4. The SMILES string of the molecule is CCn1cc(-c2nc(C(N)=O)c(N)nc2-c2ccccc2)ccc1=O. The number of carbonyl (C=O) groups is 1. The van der Waals surface area contributed by atoms with Gasteiger partial charge < -0.3 is 16.0 Å². The number of aromatic nitrogens is 3. The van der Waals surface area contributed by atoms with Crippen molar-refractivity contribution in [1.82, 2.24) is 14.5 Å². The van der Waals surface area contributed by atoms with Gasteiger partial charge in [0.05, 0.1) is 11.4 Å². The monoisotopic (exact) mass is 335 g/mol. The standard InChI is InChI=1S/C18H17N5O2/c1-2-23-10-12(8-9-13(23)24)15-14(11-6-4-3-5-7-11)22-17(19)16(21-15)18(20)25/h3-10H,2H2,1H3,(H2,19,22)(H2,20,25). The number of carbonyl (C=O) groups excluding carboxylic acids is 1. The number of aryl methyl sites for hydroxylation is 1. The fourth-order valence-corrected chi connectivity index (χ4v) is 2.55. The predicted molar refractivity (Wildman–Crippen MR) is 95.8 cm³/mol. The van der Waals surface area contributed by atoms with Gasteiger partial charge in [-0.1, -0.05) is 30.3 Å². The summed E-state index contributed by atoms with van der Waals surface area (Å²) in [6.45, 7) is 2.38. The minimum absolute atomic E-state index is 0.0288. The molecule has 0 unspecified atom stereocenters. The van der Waals surface area contributed by atoms with Gasteiger partial charge in [-0.05, 0) is 13.0 Å². The molecule has 0 bridgehead atoms. The molecular weight excluding hydrogens is 318 g/mol. The molecule has 0 fully saturated rings. The van der Waals surface area contributed by atoms with Crippen LogP contribution in [-0.4, -0.2) is 20.4 Å². The first-order chi connectivity index (χ1) is 12.0. The van der Waals surface area contributed by atoms with Crippen LogP contribution in [0, 0.1) is 0 Å². The minimum Gasteiger partial charge on any atom is -0.382 e. The molecule has 3 aromatic rings. The summed E-state index contributed by atoms with van der Waals surface area (Å²) in [5, 5.41) is 0. The van der Waals surface area contributed by atoms with E-state index in [0.717, 1.165) is 5.56 Å². The third kappa shape index (κ3) is 3.12. The van der Waals surface area contributed by atoms with Gasteiger partial charge in [-0.15, -0.1) is 0 Å². The molecule has 0 spiro atoms. The van der Waals surface area contributed by atoms with Crippen LogP contribution in [0.25, 0.3) is 22.5 Å². The summed E-state index contributed by atoms with van der Waals surface area (Å²) < 4.78 is 1.55. The highest BCUT2D eigenvalue weighted by molar-refractivity contribution is 5.96. The Balaban J connectivity index is 2.31. The molecular formula is C18H17N5O2. The maximum Gasteiger partial charge on any atom is 0.271 e. The molecule has 2 heterocycles. The molecule has 2 aromatic heterocycles. The molecule has 7 nitrogen and oxygen atoms in total. The summed E-state index contributed by atoms with van der Waals surface area (Å²) in [5.74, 6) is -0.784. The molecule has 3 rings (SSSR count). The number of hydrogen-bond donors (Lipinski definition) is 2. The second-order valence-electron chi connectivity index (χ2n) is 5.43. The molecule has 25 heavy (non-hydrogen) atoms. The smallest absolute Gasteiger partial charge is 0.271 e. The third-order valence-corrected chi connectivity index (χ3v) is 3.80. The third-order valence-electron chi connectivity index (χ3n) is 3.80. The van der Waals surface area contributed by atoms with Gasteiger partial charge in [0.1, 0.15) is 0 Å². The van der Waals surface area contributed by atoms with Gasteiger partial charge in [0.25, 0.3) is 11.5 Å². The zero-order valence-corrected chi connectivity index (χ0v) is 13.6. The minimum atomic E-state index is -0.755. The van der Waals surface area contributed by atoms with Crippen LogP contribution >= 0.6 is 0 Å². The molecule has 0 saturated carbocycles. The molecule has 1 amide bonds. The summed E-state index contributed by atoms with van der Waals surface area (Å²) in [6.07, 6.45) is 1.68. The molecule has 7 heteroatoms. The number of nitrogen functional groups attached to an aromatic ring is 1. The van der Waals surface area contributed by atoms with Crippen molar-refractivity contribution in [1.29, 1.82) is 0 Å². The van der Waals surface area contributed by atoms with Crippen LogP contribution in [0.1, 0.15) is 17.4 Å². The Bertz CT molecular complexity index is 996. The van der Waals surface area contributed by atoms with E-state index < -0.39 is 5.91 Å². The largest absolute Gasteiger partial charge is 0.382 e. The number of pyridine rings is 1. The summed E-state index contributed by atoms with van der Waals surface area (Å²) in [7, 11) is 0. The molecule has 4 N–H and O–H groups in total. The van der Waals surface area contributed by atoms with Crippen molar-refractivity contribution in [3.63, 3.8) is 0 Å². The van der Waals surface area contributed by atoms with E-state index in [4.69, 9.17) is 11.5 Å². The molecule has 1 aromatic carbocycles. The maximum absolute atomic E-state index is 11.9. The fourth-order valence-electron chi connectivity index (χ4n) is 2.55. The van der Waals surface area contributed by atoms with Gasteiger partial charge in [-0.2, -0.15) is 0 Å². The van der Waals surface area contributed by atoms with Crippen molar-refractivity contribution < 1.29 is 4.79 Å². The van der Waals surface area contributed by atoms with E-state index in [1.165, 1.54) is 6.07 Å². The van der Waals surface area contributed by atoms with Gasteiger partial charge >= 0.3 is 0 Å². The number of benzene rings is 1. The number of anilines is 1. The van der Waals surface area contributed by atoms with E-state index in [2.05, 4.69) is 9.97 Å². The Morgan fingerprint density at radius 1 is 1.04 bits per heavy atom. The summed E-state index contributed by atoms with van der Waals surface area (Å²) >= 11 is 0. The molecule has 126 valence electrons. The maximum atomic E-state index is 11.9. The molecule has 0 aliphatic heterocycles. The van der Waals surface area contributed by atoms with Crippen LogP contribution < -0.4 is 17.0 Å². The molecule has 0 aliphatic rings. The zero-order valence-electron chi connectivity index (χ0n) is 13.6. The predicted octanol–water partition coefficient (Wildman–Crippen LogP) is 1.67. The Hall–Kier alpha value is -3.48. The lowest BCUT2D eigenvalue weighted by atomic mass is 10.0. The highest BCUT2D eigenvalue weighted by Crippen LogP contribution is 2.30. The second kappa shape index (κ2) is 6.56. The van der Waals surface area contributed by atoms with Gasteiger partial charge in [0.2, 0.25) is 0 Å². The number of nitrogens with zero attached hydrogens (tertiary/aromatic N) is 3. The lowest BCUT2D eigenvalue weighted by molar-refractivity contribution is 0.0996. The van der Waals surface area contributed by atoms with E-state index in [1.54, 1.807) is 16.8 Å². The second-order valence-corrected chi connectivity index (χ2v) is 5.43. The Morgan fingerprint density at radius 3 is 2.36 bits per heavy atom. The fraction of sp³-hybridized carbons (Fsp3) is 0.111. The van der Waals surface area contributed by atoms with Gasteiger partial charge in [-0.25, -0.2) is 9.97 Å². The van der Waals surface area contributed by atoms with Crippen molar-refractivity contribution in [2.45, 2.75) is 13.5 Å². The Morgan fingerprint density at radius 2 is 1.72 bits per heavy atom. The average Bonchev–Trinajstić information content (AvgIpc) is 2.62. The van der Waals surface area contributed by atoms with Gasteiger partial charge in [-0.3, -0.25) is 9.59 Å². The average molecular weight is 335 g/mol. The molecule has 0 radical (unpaired) electrons. The Kier molecular flexibility index (Phi) is 4.30. The van der Waals surface area contributed by atoms with Gasteiger partial charge in [0.15, 0.2) is 11.5 Å². The van der Waals surface area contributed by atoms with Crippen molar-refractivity contribution >= 4 is 11.7 Å². The van der Waals surface area contributed by atoms with Crippen LogP contribution in [0.15, 0.2) is 53.5 Å². The van der Waals surface area contributed by atoms with Crippen LogP contribution in [0.5, 0.6) is 0 Å². The van der Waals surface area contributed by atoms with Crippen molar-refractivity contribution in [2.75, 3.05) is 5.73 Å². The summed E-state index contributed by atoms with van der Waals surface area (Å²) in [6, 6.07) is 12.5. The van der Waals surface area contributed by atoms with E-state index in [9.17, 15) is 9.59 Å². The molecule has 0 atom stereocenters.